The maximum Gasteiger partial charge on any atom is 0.416 e. The number of aromatic nitrogens is 5. The Hall–Kier alpha value is -4.78. The molecule has 0 atom stereocenters. The van der Waals surface area contributed by atoms with E-state index in [1.165, 1.54) is 36.8 Å². The highest BCUT2D eigenvalue weighted by Gasteiger charge is 2.37. The number of carbonyl (C=O) groups is 1. The number of halogens is 7. The molecule has 214 valence electrons. The number of hydrogen-bond acceptors (Lipinski definition) is 6. The normalized spacial score (nSPS) is 12.0. The molecule has 2 aromatic carbocycles. The third-order valence-electron chi connectivity index (χ3n) is 6.20. The standard InChI is InChI=1S/C28H17ClF6N6O/c29-20-6-2-1-5-19(20)26(42)22-21(36)7-9-38-23(22)24-25(16-4-3-8-37-13-16)41(40-39-24)14-15-10-17(27(30,31)32)12-18(11-15)28(33,34)35/h1-13H,14H2,(H2,36,38). The van der Waals surface area contributed by atoms with Crippen LogP contribution in [0.25, 0.3) is 22.6 Å². The Morgan fingerprint density at radius 3 is 2.19 bits per heavy atom. The number of carbonyl (C=O) groups excluding carboxylic acids is 1. The second-order valence-electron chi connectivity index (χ2n) is 9.03. The number of rotatable bonds is 6. The van der Waals surface area contributed by atoms with Crippen molar-refractivity contribution in [3.63, 3.8) is 0 Å². The number of pyridine rings is 2. The third kappa shape index (κ3) is 5.68. The lowest BCUT2D eigenvalue weighted by Gasteiger charge is -2.15. The number of hydrogen-bond donors (Lipinski definition) is 1. The van der Waals surface area contributed by atoms with Gasteiger partial charge in [0.2, 0.25) is 0 Å². The summed E-state index contributed by atoms with van der Waals surface area (Å²) in [5, 5.41) is 8.32. The fourth-order valence-electron chi connectivity index (χ4n) is 4.33. The van der Waals surface area contributed by atoms with E-state index in [1.807, 2.05) is 0 Å². The SMILES string of the molecule is Nc1ccnc(-c2nnn(Cc3cc(C(F)(F)F)cc(C(F)(F)F)c3)c2-c2cccnc2)c1C(=O)c1ccccc1Cl. The zero-order valence-electron chi connectivity index (χ0n) is 21.1. The molecular formula is C28H17ClF6N6O. The Morgan fingerprint density at radius 2 is 1.57 bits per heavy atom. The third-order valence-corrected chi connectivity index (χ3v) is 6.53. The molecular weight excluding hydrogens is 586 g/mol. The highest BCUT2D eigenvalue weighted by molar-refractivity contribution is 6.35. The molecule has 14 heteroatoms. The van der Waals surface area contributed by atoms with Gasteiger partial charge in [0, 0.05) is 35.4 Å². The van der Waals surface area contributed by atoms with Gasteiger partial charge in [-0.1, -0.05) is 28.9 Å². The Bertz CT molecular complexity index is 1750. The molecule has 42 heavy (non-hydrogen) atoms. The minimum atomic E-state index is -5.03. The topological polar surface area (TPSA) is 99.6 Å². The lowest BCUT2D eigenvalue weighted by molar-refractivity contribution is -0.143. The van der Waals surface area contributed by atoms with Crippen LogP contribution in [0.5, 0.6) is 0 Å². The smallest absolute Gasteiger partial charge is 0.398 e. The largest absolute Gasteiger partial charge is 0.416 e. The van der Waals surface area contributed by atoms with Crippen molar-refractivity contribution in [1.82, 2.24) is 25.0 Å². The zero-order chi connectivity index (χ0) is 30.2. The predicted molar refractivity (Wildman–Crippen MR) is 141 cm³/mol. The van der Waals surface area contributed by atoms with Crippen molar-refractivity contribution >= 4 is 23.1 Å². The molecule has 0 bridgehead atoms. The first kappa shape index (κ1) is 28.7. The van der Waals surface area contributed by atoms with Crippen LogP contribution in [-0.2, 0) is 18.9 Å². The van der Waals surface area contributed by atoms with Gasteiger partial charge in [-0.05, 0) is 54.1 Å². The quantitative estimate of drug-likeness (QED) is 0.167. The van der Waals surface area contributed by atoms with Crippen molar-refractivity contribution in [3.05, 3.63) is 112 Å². The highest BCUT2D eigenvalue weighted by atomic mass is 35.5. The van der Waals surface area contributed by atoms with Gasteiger partial charge in [0.15, 0.2) is 5.78 Å². The summed E-state index contributed by atoms with van der Waals surface area (Å²) in [6.45, 7) is -0.541. The average molecular weight is 603 g/mol. The summed E-state index contributed by atoms with van der Waals surface area (Å²) in [6.07, 6.45) is -5.88. The monoisotopic (exact) mass is 602 g/mol. The van der Waals surface area contributed by atoms with Gasteiger partial charge in [-0.15, -0.1) is 5.10 Å². The summed E-state index contributed by atoms with van der Waals surface area (Å²) in [5.41, 5.74) is 3.44. The van der Waals surface area contributed by atoms with E-state index in [2.05, 4.69) is 20.3 Å². The first-order valence-corrected chi connectivity index (χ1v) is 12.4. The molecule has 5 rings (SSSR count). The van der Waals surface area contributed by atoms with Crippen LogP contribution in [0.3, 0.4) is 0 Å². The lowest BCUT2D eigenvalue weighted by atomic mass is 9.97. The minimum absolute atomic E-state index is 0.00581. The summed E-state index contributed by atoms with van der Waals surface area (Å²) in [7, 11) is 0. The van der Waals surface area contributed by atoms with E-state index in [-0.39, 0.29) is 50.5 Å². The van der Waals surface area contributed by atoms with E-state index in [4.69, 9.17) is 17.3 Å². The molecule has 0 unspecified atom stereocenters. The highest BCUT2D eigenvalue weighted by Crippen LogP contribution is 2.38. The van der Waals surface area contributed by atoms with Crippen LogP contribution in [0.4, 0.5) is 32.0 Å². The number of anilines is 1. The van der Waals surface area contributed by atoms with Crippen LogP contribution in [0.2, 0.25) is 5.02 Å². The maximum atomic E-state index is 13.6. The maximum absolute atomic E-state index is 13.6. The molecule has 0 radical (unpaired) electrons. The van der Waals surface area contributed by atoms with Gasteiger partial charge in [0.25, 0.3) is 0 Å². The molecule has 7 nitrogen and oxygen atoms in total. The van der Waals surface area contributed by atoms with Gasteiger partial charge in [-0.2, -0.15) is 26.3 Å². The van der Waals surface area contributed by atoms with Crippen molar-refractivity contribution in [2.24, 2.45) is 0 Å². The van der Waals surface area contributed by atoms with Gasteiger partial charge >= 0.3 is 12.4 Å². The van der Waals surface area contributed by atoms with Crippen molar-refractivity contribution in [2.75, 3.05) is 5.73 Å². The molecule has 5 aromatic rings. The van der Waals surface area contributed by atoms with Crippen LogP contribution < -0.4 is 5.73 Å². The fourth-order valence-corrected chi connectivity index (χ4v) is 4.55. The fraction of sp³-hybridized carbons (Fsp3) is 0.107. The summed E-state index contributed by atoms with van der Waals surface area (Å²) in [5.74, 6) is -0.583. The van der Waals surface area contributed by atoms with E-state index >= 15 is 0 Å². The van der Waals surface area contributed by atoms with Gasteiger partial charge in [0.05, 0.1) is 28.3 Å². The van der Waals surface area contributed by atoms with E-state index in [0.29, 0.717) is 17.7 Å². The summed E-state index contributed by atoms with van der Waals surface area (Å²) in [4.78, 5) is 22.0. The van der Waals surface area contributed by atoms with Crippen molar-refractivity contribution < 1.29 is 31.1 Å². The molecule has 0 aliphatic heterocycles. The second kappa shape index (κ2) is 10.9. The van der Waals surface area contributed by atoms with Crippen LogP contribution in [0, 0.1) is 0 Å². The Morgan fingerprint density at radius 1 is 0.881 bits per heavy atom. The lowest BCUT2D eigenvalue weighted by Crippen LogP contribution is -2.13. The predicted octanol–water partition coefficient (Wildman–Crippen LogP) is 6.95. The number of benzene rings is 2. The van der Waals surface area contributed by atoms with Crippen LogP contribution in [0.15, 0.2) is 79.3 Å². The Balaban J connectivity index is 1.70. The average Bonchev–Trinajstić information content (AvgIpc) is 3.35. The molecule has 0 fully saturated rings. The number of alkyl halides is 6. The van der Waals surface area contributed by atoms with Gasteiger partial charge in [-0.3, -0.25) is 14.8 Å². The van der Waals surface area contributed by atoms with Crippen LogP contribution in [-0.4, -0.2) is 30.7 Å². The second-order valence-corrected chi connectivity index (χ2v) is 9.44. The van der Waals surface area contributed by atoms with E-state index in [1.54, 1.807) is 24.3 Å². The van der Waals surface area contributed by atoms with Crippen molar-refractivity contribution in [1.29, 1.82) is 0 Å². The van der Waals surface area contributed by atoms with Crippen LogP contribution in [0.1, 0.15) is 32.6 Å². The van der Waals surface area contributed by atoms with Gasteiger partial charge in [-0.25, -0.2) is 4.68 Å². The summed E-state index contributed by atoms with van der Waals surface area (Å²) >= 11 is 6.25. The van der Waals surface area contributed by atoms with Crippen molar-refractivity contribution in [3.8, 4) is 22.6 Å². The molecule has 0 saturated carbocycles. The molecule has 2 N–H and O–H groups in total. The Kier molecular flexibility index (Phi) is 7.45. The number of nitrogens with zero attached hydrogens (tertiary/aromatic N) is 5. The van der Waals surface area contributed by atoms with Crippen molar-refractivity contribution in [2.45, 2.75) is 18.9 Å². The molecule has 0 spiro atoms. The molecule has 3 heterocycles. The van der Waals surface area contributed by atoms with Gasteiger partial charge < -0.3 is 5.73 Å². The number of nitrogens with two attached hydrogens (primary N) is 1. The minimum Gasteiger partial charge on any atom is -0.398 e. The summed E-state index contributed by atoms with van der Waals surface area (Å²) < 4.78 is 82.1. The summed E-state index contributed by atoms with van der Waals surface area (Å²) in [6, 6.07) is 12.0. The Labute approximate surface area is 238 Å². The zero-order valence-corrected chi connectivity index (χ0v) is 21.8. The first-order valence-electron chi connectivity index (χ1n) is 12.0. The molecule has 0 saturated heterocycles. The molecule has 3 aromatic heterocycles. The molecule has 0 aliphatic carbocycles. The van der Waals surface area contributed by atoms with Crippen LogP contribution >= 0.6 is 11.6 Å². The number of nitrogen functional groups attached to an aromatic ring is 1. The molecule has 0 amide bonds. The first-order chi connectivity index (χ1) is 19.8. The van der Waals surface area contributed by atoms with Gasteiger partial charge in [0.1, 0.15) is 17.1 Å². The number of ketones is 1. The molecule has 0 aliphatic rings. The van der Waals surface area contributed by atoms with E-state index in [0.717, 1.165) is 4.68 Å². The van der Waals surface area contributed by atoms with E-state index < -0.39 is 35.8 Å². The van der Waals surface area contributed by atoms with E-state index in [9.17, 15) is 31.1 Å².